The molecule has 1 aromatic rings. The first kappa shape index (κ1) is 17.6. The van der Waals surface area contributed by atoms with Crippen molar-refractivity contribution in [1.29, 1.82) is 0 Å². The van der Waals surface area contributed by atoms with Crippen molar-refractivity contribution in [3.63, 3.8) is 0 Å². The minimum Gasteiger partial charge on any atom is -0.465 e. The third-order valence-corrected chi connectivity index (χ3v) is 4.83. The summed E-state index contributed by atoms with van der Waals surface area (Å²) in [7, 11) is -2.48. The Balaban J connectivity index is 3.05. The minimum atomic E-state index is -3.72. The van der Waals surface area contributed by atoms with Crippen LogP contribution >= 0.6 is 0 Å². The lowest BCUT2D eigenvalue weighted by molar-refractivity contribution is 0.0600. The summed E-state index contributed by atoms with van der Waals surface area (Å²) in [6, 6.07) is 4.14. The number of methoxy groups -OCH3 is 1. The van der Waals surface area contributed by atoms with Crippen molar-refractivity contribution >= 4 is 16.0 Å². The molecule has 1 rings (SSSR count). The van der Waals surface area contributed by atoms with Crippen LogP contribution in [-0.4, -0.2) is 34.1 Å². The molecule has 1 aromatic carbocycles. The lowest BCUT2D eigenvalue weighted by atomic mass is 10.1. The summed E-state index contributed by atoms with van der Waals surface area (Å²) < 4.78 is 31.7. The Labute approximate surface area is 125 Å². The number of hydrogen-bond acceptors (Lipinski definition) is 5. The Morgan fingerprint density at radius 3 is 2.52 bits per heavy atom. The second-order valence-electron chi connectivity index (χ2n) is 5.23. The lowest BCUT2D eigenvalue weighted by Crippen LogP contribution is -2.40. The molecule has 0 saturated carbocycles. The molecular weight excluding hydrogens is 292 g/mol. The number of nitrogens with two attached hydrogens (primary N) is 1. The van der Waals surface area contributed by atoms with E-state index in [1.54, 1.807) is 13.0 Å². The fourth-order valence-corrected chi connectivity index (χ4v) is 3.00. The summed E-state index contributed by atoms with van der Waals surface area (Å²) in [4.78, 5) is 11.6. The SMILES string of the molecule is COC(=O)c1ccc(C)c(S(=O)(=O)NCC(N)C(C)C)c1. The highest BCUT2D eigenvalue weighted by atomic mass is 32.2. The summed E-state index contributed by atoms with van der Waals surface area (Å²) >= 11 is 0. The number of carbonyl (C=O) groups excluding carboxylic acids is 1. The number of esters is 1. The van der Waals surface area contributed by atoms with E-state index in [0.717, 1.165) is 0 Å². The van der Waals surface area contributed by atoms with Gasteiger partial charge in [0.25, 0.3) is 0 Å². The number of rotatable bonds is 6. The molecule has 0 saturated heterocycles. The highest BCUT2D eigenvalue weighted by Gasteiger charge is 2.20. The zero-order chi connectivity index (χ0) is 16.2. The minimum absolute atomic E-state index is 0.0568. The van der Waals surface area contributed by atoms with Gasteiger partial charge in [-0.1, -0.05) is 19.9 Å². The molecule has 1 atom stereocenters. The number of carbonyl (C=O) groups is 1. The van der Waals surface area contributed by atoms with Crippen molar-refractivity contribution in [2.75, 3.05) is 13.7 Å². The average Bonchev–Trinajstić information content (AvgIpc) is 2.44. The molecule has 0 fully saturated rings. The number of aryl methyl sites for hydroxylation is 1. The lowest BCUT2D eigenvalue weighted by Gasteiger charge is -2.17. The first-order valence-electron chi connectivity index (χ1n) is 6.63. The maximum absolute atomic E-state index is 12.3. The number of sulfonamides is 1. The van der Waals surface area contributed by atoms with Gasteiger partial charge in [0, 0.05) is 12.6 Å². The van der Waals surface area contributed by atoms with Gasteiger partial charge < -0.3 is 10.5 Å². The van der Waals surface area contributed by atoms with Crippen LogP contribution < -0.4 is 10.5 Å². The maximum atomic E-state index is 12.3. The highest BCUT2D eigenvalue weighted by molar-refractivity contribution is 7.89. The molecule has 118 valence electrons. The smallest absolute Gasteiger partial charge is 0.337 e. The molecule has 0 aliphatic carbocycles. The zero-order valence-electron chi connectivity index (χ0n) is 12.7. The largest absolute Gasteiger partial charge is 0.465 e. The fourth-order valence-electron chi connectivity index (χ4n) is 1.65. The van der Waals surface area contributed by atoms with E-state index in [-0.39, 0.29) is 29.0 Å². The fraction of sp³-hybridized carbons (Fsp3) is 0.500. The van der Waals surface area contributed by atoms with Gasteiger partial charge in [0.2, 0.25) is 10.0 Å². The Morgan fingerprint density at radius 1 is 1.38 bits per heavy atom. The summed E-state index contributed by atoms with van der Waals surface area (Å²) in [6.45, 7) is 5.64. The predicted molar refractivity (Wildman–Crippen MR) is 80.5 cm³/mol. The van der Waals surface area contributed by atoms with Crippen molar-refractivity contribution in [3.05, 3.63) is 29.3 Å². The van der Waals surface area contributed by atoms with Crippen molar-refractivity contribution in [3.8, 4) is 0 Å². The average molecular weight is 314 g/mol. The van der Waals surface area contributed by atoms with Crippen LogP contribution in [0.25, 0.3) is 0 Å². The molecule has 3 N–H and O–H groups in total. The number of benzene rings is 1. The molecule has 0 aromatic heterocycles. The second-order valence-corrected chi connectivity index (χ2v) is 6.97. The topological polar surface area (TPSA) is 98.5 Å². The number of nitrogens with one attached hydrogen (secondary N) is 1. The molecule has 6 nitrogen and oxygen atoms in total. The molecule has 0 radical (unpaired) electrons. The Morgan fingerprint density at radius 2 is 2.00 bits per heavy atom. The van der Waals surface area contributed by atoms with Gasteiger partial charge in [-0.25, -0.2) is 17.9 Å². The molecule has 0 spiro atoms. The van der Waals surface area contributed by atoms with Crippen LogP contribution in [0, 0.1) is 12.8 Å². The van der Waals surface area contributed by atoms with Crippen LogP contribution in [0.2, 0.25) is 0 Å². The molecule has 7 heteroatoms. The Kier molecular flexibility index (Phi) is 5.88. The van der Waals surface area contributed by atoms with Crippen molar-refractivity contribution < 1.29 is 17.9 Å². The molecule has 0 heterocycles. The van der Waals surface area contributed by atoms with E-state index in [1.807, 2.05) is 13.8 Å². The van der Waals surface area contributed by atoms with E-state index >= 15 is 0 Å². The third-order valence-electron chi connectivity index (χ3n) is 3.26. The van der Waals surface area contributed by atoms with Crippen LogP contribution in [0.4, 0.5) is 0 Å². The van der Waals surface area contributed by atoms with E-state index in [2.05, 4.69) is 9.46 Å². The van der Waals surface area contributed by atoms with Gasteiger partial charge in [-0.15, -0.1) is 0 Å². The molecule has 0 aliphatic rings. The summed E-state index contributed by atoms with van der Waals surface area (Å²) in [6.07, 6.45) is 0. The van der Waals surface area contributed by atoms with Crippen molar-refractivity contribution in [1.82, 2.24) is 4.72 Å². The highest BCUT2D eigenvalue weighted by Crippen LogP contribution is 2.17. The van der Waals surface area contributed by atoms with Gasteiger partial charge in [-0.05, 0) is 30.5 Å². The molecule has 21 heavy (non-hydrogen) atoms. The van der Waals surface area contributed by atoms with Crippen LogP contribution in [-0.2, 0) is 14.8 Å². The van der Waals surface area contributed by atoms with E-state index in [9.17, 15) is 13.2 Å². The van der Waals surface area contributed by atoms with Crippen LogP contribution in [0.15, 0.2) is 23.1 Å². The van der Waals surface area contributed by atoms with Crippen molar-refractivity contribution in [2.45, 2.75) is 31.7 Å². The van der Waals surface area contributed by atoms with Gasteiger partial charge in [0.1, 0.15) is 0 Å². The van der Waals surface area contributed by atoms with Crippen molar-refractivity contribution in [2.24, 2.45) is 11.7 Å². The summed E-state index contributed by atoms with van der Waals surface area (Å²) in [5.74, 6) is -0.416. The first-order valence-corrected chi connectivity index (χ1v) is 8.11. The summed E-state index contributed by atoms with van der Waals surface area (Å²) in [5, 5.41) is 0. The maximum Gasteiger partial charge on any atom is 0.337 e. The van der Waals surface area contributed by atoms with E-state index in [4.69, 9.17) is 5.73 Å². The van der Waals surface area contributed by atoms with Crippen LogP contribution in [0.1, 0.15) is 29.8 Å². The quantitative estimate of drug-likeness (QED) is 0.765. The van der Waals surface area contributed by atoms with Gasteiger partial charge in [-0.3, -0.25) is 0 Å². The number of hydrogen-bond donors (Lipinski definition) is 2. The molecular formula is C14H22N2O4S. The summed E-state index contributed by atoms with van der Waals surface area (Å²) in [5.41, 5.74) is 6.58. The Bertz CT molecular complexity index is 611. The molecule has 1 unspecified atom stereocenters. The first-order chi connectivity index (χ1) is 9.69. The molecule has 0 aliphatic heterocycles. The van der Waals surface area contributed by atoms with Gasteiger partial charge in [-0.2, -0.15) is 0 Å². The van der Waals surface area contributed by atoms with Crippen LogP contribution in [0.3, 0.4) is 0 Å². The van der Waals surface area contributed by atoms with E-state index in [0.29, 0.717) is 5.56 Å². The van der Waals surface area contributed by atoms with E-state index in [1.165, 1.54) is 19.2 Å². The monoisotopic (exact) mass is 314 g/mol. The molecule has 0 amide bonds. The standard InChI is InChI=1S/C14H22N2O4S/c1-9(2)12(15)8-16-21(18,19)13-7-11(14(17)20-4)6-5-10(13)3/h5-7,9,12,16H,8,15H2,1-4H3. The Hall–Kier alpha value is -1.44. The predicted octanol–water partition coefficient (Wildman–Crippen LogP) is 1.04. The normalized spacial score (nSPS) is 13.2. The second kappa shape index (κ2) is 7.02. The van der Waals surface area contributed by atoms with Gasteiger partial charge in [0.05, 0.1) is 17.6 Å². The zero-order valence-corrected chi connectivity index (χ0v) is 13.5. The van der Waals surface area contributed by atoms with Crippen LogP contribution in [0.5, 0.6) is 0 Å². The number of ether oxygens (including phenoxy) is 1. The van der Waals surface area contributed by atoms with Gasteiger partial charge in [0.15, 0.2) is 0 Å². The van der Waals surface area contributed by atoms with Gasteiger partial charge >= 0.3 is 5.97 Å². The molecule has 0 bridgehead atoms. The third kappa shape index (κ3) is 4.52. The van der Waals surface area contributed by atoms with E-state index < -0.39 is 16.0 Å².